The maximum absolute atomic E-state index is 12.7. The Labute approximate surface area is 157 Å². The highest BCUT2D eigenvalue weighted by molar-refractivity contribution is 7.89. The second kappa shape index (κ2) is 7.40. The van der Waals surface area contributed by atoms with Gasteiger partial charge in [-0.05, 0) is 31.9 Å². The number of benzene rings is 1. The average Bonchev–Trinajstić information content (AvgIpc) is 3.13. The van der Waals surface area contributed by atoms with Crippen molar-refractivity contribution in [2.24, 2.45) is 5.92 Å². The molecule has 25 heavy (non-hydrogen) atoms. The van der Waals surface area contributed by atoms with Gasteiger partial charge < -0.3 is 10.4 Å². The van der Waals surface area contributed by atoms with Gasteiger partial charge in [-0.25, -0.2) is 12.7 Å². The van der Waals surface area contributed by atoms with Crippen LogP contribution in [0.2, 0.25) is 10.0 Å². The molecule has 2 fully saturated rings. The molecule has 2 N–H and O–H groups in total. The molecule has 0 aliphatic carbocycles. The fourth-order valence-electron chi connectivity index (χ4n) is 3.42. The number of carbonyl (C=O) groups excluding carboxylic acids is 1. The molecule has 1 unspecified atom stereocenters. The molecular weight excluding hydrogens is 387 g/mol. The number of phenols is 1. The average molecular weight is 407 g/mol. The normalized spacial score (nSPS) is 23.0. The maximum atomic E-state index is 12.7. The summed E-state index contributed by atoms with van der Waals surface area (Å²) in [5.41, 5.74) is 0.135. The number of hydrogen-bond acceptors (Lipinski definition) is 5. The van der Waals surface area contributed by atoms with Gasteiger partial charge in [-0.15, -0.1) is 0 Å². The summed E-state index contributed by atoms with van der Waals surface area (Å²) >= 11 is 11.8. The molecule has 6 nitrogen and oxygen atoms in total. The largest absolute Gasteiger partial charge is 0.507 e. The van der Waals surface area contributed by atoms with Gasteiger partial charge >= 0.3 is 0 Å². The second-order valence-electron chi connectivity index (χ2n) is 6.48. The van der Waals surface area contributed by atoms with Gasteiger partial charge in [0.1, 0.15) is 5.75 Å². The third-order valence-corrected chi connectivity index (χ3v) is 7.98. The number of phenolic OH excluding ortho intramolecular Hbond substituents is 1. The van der Waals surface area contributed by atoms with Crippen LogP contribution >= 0.6 is 23.2 Å². The first kappa shape index (κ1) is 18.9. The Morgan fingerprint density at radius 2 is 1.80 bits per heavy atom. The molecule has 9 heteroatoms. The molecule has 2 aliphatic rings. The van der Waals surface area contributed by atoms with E-state index in [1.54, 1.807) is 0 Å². The molecule has 1 atom stereocenters. The maximum Gasteiger partial charge on any atom is 0.218 e. The quantitative estimate of drug-likeness (QED) is 0.748. The van der Waals surface area contributed by atoms with Gasteiger partial charge in [0.05, 0.1) is 20.9 Å². The lowest BCUT2D eigenvalue weighted by Gasteiger charge is -2.32. The Morgan fingerprint density at radius 1 is 1.16 bits per heavy atom. The Balaban J connectivity index is 1.68. The highest BCUT2D eigenvalue weighted by Gasteiger charge is 2.37. The van der Waals surface area contributed by atoms with Gasteiger partial charge in [-0.2, -0.15) is 0 Å². The molecule has 0 aromatic heterocycles. The van der Waals surface area contributed by atoms with Crippen molar-refractivity contribution in [1.82, 2.24) is 9.62 Å². The standard InChI is InChI=1S/C16H20Cl2N2O4S/c17-13-7-12(15(21)8-14(13)18)16(22)10-2-5-20(6-3-10)25(23,24)11-1-4-19-9-11/h7-8,10-11,19,21H,1-6,9H2. The Kier molecular flexibility index (Phi) is 5.60. The van der Waals surface area contributed by atoms with E-state index in [1.807, 2.05) is 0 Å². The summed E-state index contributed by atoms with van der Waals surface area (Å²) in [7, 11) is -3.32. The van der Waals surface area contributed by atoms with E-state index in [9.17, 15) is 18.3 Å². The Bertz CT molecular complexity index is 771. The number of aromatic hydroxyl groups is 1. The molecule has 1 aromatic carbocycles. The van der Waals surface area contributed by atoms with Crippen LogP contribution in [0.4, 0.5) is 0 Å². The summed E-state index contributed by atoms with van der Waals surface area (Å²) < 4.78 is 26.7. The van der Waals surface area contributed by atoms with Crippen molar-refractivity contribution in [2.75, 3.05) is 26.2 Å². The smallest absolute Gasteiger partial charge is 0.218 e. The van der Waals surface area contributed by atoms with E-state index in [0.717, 1.165) is 6.54 Å². The molecule has 0 spiro atoms. The van der Waals surface area contributed by atoms with E-state index in [2.05, 4.69) is 5.32 Å². The fraction of sp³-hybridized carbons (Fsp3) is 0.562. The molecule has 0 saturated carbocycles. The van der Waals surface area contributed by atoms with Gasteiger partial charge in [0.15, 0.2) is 5.78 Å². The number of hydrogen-bond donors (Lipinski definition) is 2. The van der Waals surface area contributed by atoms with Crippen LogP contribution in [-0.4, -0.2) is 55.0 Å². The minimum Gasteiger partial charge on any atom is -0.507 e. The van der Waals surface area contributed by atoms with Crippen LogP contribution in [0.3, 0.4) is 0 Å². The van der Waals surface area contributed by atoms with Gasteiger partial charge in [0.2, 0.25) is 10.0 Å². The first-order valence-electron chi connectivity index (χ1n) is 8.22. The molecule has 0 bridgehead atoms. The van der Waals surface area contributed by atoms with Gasteiger partial charge in [0, 0.05) is 31.6 Å². The van der Waals surface area contributed by atoms with Gasteiger partial charge in [0.25, 0.3) is 0 Å². The van der Waals surface area contributed by atoms with E-state index in [4.69, 9.17) is 23.2 Å². The first-order chi connectivity index (χ1) is 11.8. The van der Waals surface area contributed by atoms with E-state index in [-0.39, 0.29) is 38.3 Å². The van der Waals surface area contributed by atoms with Crippen LogP contribution in [0.5, 0.6) is 5.75 Å². The second-order valence-corrected chi connectivity index (χ2v) is 9.51. The van der Waals surface area contributed by atoms with Crippen molar-refractivity contribution in [1.29, 1.82) is 0 Å². The summed E-state index contributed by atoms with van der Waals surface area (Å²) in [6.07, 6.45) is 1.48. The number of halogens is 2. The van der Waals surface area contributed by atoms with E-state index < -0.39 is 10.0 Å². The third-order valence-electron chi connectivity index (χ3n) is 4.93. The van der Waals surface area contributed by atoms with E-state index >= 15 is 0 Å². The molecule has 2 aliphatic heterocycles. The van der Waals surface area contributed by atoms with Crippen LogP contribution in [0.1, 0.15) is 29.6 Å². The van der Waals surface area contributed by atoms with Crippen LogP contribution in [-0.2, 0) is 10.0 Å². The number of carbonyl (C=O) groups is 1. The zero-order valence-electron chi connectivity index (χ0n) is 13.5. The summed E-state index contributed by atoms with van der Waals surface area (Å²) in [6, 6.07) is 2.62. The SMILES string of the molecule is O=C(c1cc(Cl)c(Cl)cc1O)C1CCN(S(=O)(=O)C2CCNC2)CC1. The minimum absolute atomic E-state index is 0.135. The van der Waals surface area contributed by atoms with E-state index in [0.29, 0.717) is 38.9 Å². The number of nitrogens with one attached hydrogen (secondary N) is 1. The summed E-state index contributed by atoms with van der Waals surface area (Å²) in [6.45, 7) is 1.84. The molecule has 0 amide bonds. The van der Waals surface area contributed by atoms with Crippen molar-refractivity contribution in [3.05, 3.63) is 27.7 Å². The Hall–Kier alpha value is -0.860. The lowest BCUT2D eigenvalue weighted by atomic mass is 9.89. The summed E-state index contributed by atoms with van der Waals surface area (Å²) in [4.78, 5) is 12.7. The zero-order valence-corrected chi connectivity index (χ0v) is 15.9. The predicted octanol–water partition coefficient (Wildman–Crippen LogP) is 2.29. The monoisotopic (exact) mass is 406 g/mol. The molecule has 1 aromatic rings. The third kappa shape index (κ3) is 3.80. The van der Waals surface area contributed by atoms with Crippen molar-refractivity contribution < 1.29 is 18.3 Å². The number of rotatable bonds is 4. The van der Waals surface area contributed by atoms with E-state index in [1.165, 1.54) is 16.4 Å². The molecule has 2 saturated heterocycles. The topological polar surface area (TPSA) is 86.7 Å². The Morgan fingerprint density at radius 3 is 2.40 bits per heavy atom. The molecule has 138 valence electrons. The molecule has 0 radical (unpaired) electrons. The summed E-state index contributed by atoms with van der Waals surface area (Å²) in [5, 5.41) is 13.0. The van der Waals surface area contributed by atoms with Crippen molar-refractivity contribution >= 4 is 39.0 Å². The predicted molar refractivity (Wildman–Crippen MR) is 96.9 cm³/mol. The highest BCUT2D eigenvalue weighted by Crippen LogP contribution is 2.33. The molecular formula is C16H20Cl2N2O4S. The fourth-order valence-corrected chi connectivity index (χ4v) is 5.63. The van der Waals surface area contributed by atoms with Crippen LogP contribution in [0.15, 0.2) is 12.1 Å². The van der Waals surface area contributed by atoms with Crippen molar-refractivity contribution in [3.8, 4) is 5.75 Å². The lowest BCUT2D eigenvalue weighted by molar-refractivity contribution is 0.0872. The number of sulfonamides is 1. The molecule has 3 rings (SSSR count). The molecule has 2 heterocycles. The van der Waals surface area contributed by atoms with Crippen molar-refractivity contribution in [3.63, 3.8) is 0 Å². The van der Waals surface area contributed by atoms with Gasteiger partial charge in [-0.3, -0.25) is 4.79 Å². The number of piperidine rings is 1. The van der Waals surface area contributed by atoms with Crippen LogP contribution in [0, 0.1) is 5.92 Å². The van der Waals surface area contributed by atoms with Crippen LogP contribution < -0.4 is 5.32 Å². The number of nitrogens with zero attached hydrogens (tertiary/aromatic N) is 1. The first-order valence-corrected chi connectivity index (χ1v) is 10.5. The number of Topliss-reactive ketones (excluding diaryl/α,β-unsaturated/α-hetero) is 1. The van der Waals surface area contributed by atoms with Crippen molar-refractivity contribution in [2.45, 2.75) is 24.5 Å². The summed E-state index contributed by atoms with van der Waals surface area (Å²) in [5.74, 6) is -0.765. The highest BCUT2D eigenvalue weighted by atomic mass is 35.5. The minimum atomic E-state index is -3.32. The zero-order chi connectivity index (χ0) is 18.2. The lowest BCUT2D eigenvalue weighted by Crippen LogP contribution is -2.45. The van der Waals surface area contributed by atoms with Crippen LogP contribution in [0.25, 0.3) is 0 Å². The van der Waals surface area contributed by atoms with Gasteiger partial charge in [-0.1, -0.05) is 23.2 Å². The number of ketones is 1.